The predicted molar refractivity (Wildman–Crippen MR) is 236 cm³/mol. The van der Waals surface area contributed by atoms with Crippen LogP contribution in [0.4, 0.5) is 0 Å². The average Bonchev–Trinajstić information content (AvgIpc) is 3.48. The number of hydrogen-bond acceptors (Lipinski definition) is 4. The summed E-state index contributed by atoms with van der Waals surface area (Å²) in [5.74, 6) is 4.29. The van der Waals surface area contributed by atoms with E-state index in [-0.39, 0.29) is 5.41 Å². The van der Waals surface area contributed by atoms with Gasteiger partial charge >= 0.3 is 0 Å². The molecule has 284 valence electrons. The Balaban J connectivity index is 0.990. The molecule has 4 nitrogen and oxygen atoms in total. The standard InChI is InChI=1S/C54H48N4/c1-34-26-37-27-35(2)31-54(30-34,32-37)45-22-18-40(19-23-45)39-14-16-42(17-15-39)51-56-50(41-12-10-36(33-55)11-13-41)57-52(58-51)44-21-25-47-46-24-20-43(38-8-6-5-7-9-38)28-48(46)53(3,4)49(47)29-44/h5-25,28-29,34-35,37H,26-27,30-32H2,1-4H3/t34-,35+,37-,54?. The SMILES string of the molecule is C[C@@H]1C[C@@H]2C[C@H](C)CC(c3ccc(-c4ccc(-c5nc(-c6ccc(C#N)cc6)nc(-c6ccc7c(c6)C(C)(C)c6cc(-c8ccccc8)ccc6-7)n5)cc4)cc3)(C1)C2. The lowest BCUT2D eigenvalue weighted by molar-refractivity contribution is 0.0780. The third-order valence-electron chi connectivity index (χ3n) is 13.6. The van der Waals surface area contributed by atoms with Gasteiger partial charge in [-0.15, -0.1) is 0 Å². The highest BCUT2D eigenvalue weighted by Crippen LogP contribution is 2.54. The van der Waals surface area contributed by atoms with Gasteiger partial charge in [-0.2, -0.15) is 5.26 Å². The molecule has 6 aromatic carbocycles. The first-order valence-corrected chi connectivity index (χ1v) is 21.0. The molecule has 4 atom stereocenters. The lowest BCUT2D eigenvalue weighted by atomic mass is 9.54. The van der Waals surface area contributed by atoms with Gasteiger partial charge in [0.25, 0.3) is 0 Å². The van der Waals surface area contributed by atoms with Gasteiger partial charge in [0.2, 0.25) is 0 Å². The number of nitrogens with zero attached hydrogens (tertiary/aromatic N) is 4. The van der Waals surface area contributed by atoms with Crippen LogP contribution < -0.4 is 0 Å². The van der Waals surface area contributed by atoms with Crippen LogP contribution in [0.1, 0.15) is 82.1 Å². The van der Waals surface area contributed by atoms with Crippen LogP contribution in [-0.2, 0) is 10.8 Å². The molecule has 0 amide bonds. The highest BCUT2D eigenvalue weighted by Gasteiger charge is 2.45. The van der Waals surface area contributed by atoms with Crippen molar-refractivity contribution in [1.29, 1.82) is 5.26 Å². The minimum absolute atomic E-state index is 0.211. The molecule has 0 spiro atoms. The zero-order valence-electron chi connectivity index (χ0n) is 33.8. The van der Waals surface area contributed by atoms with Gasteiger partial charge in [0.05, 0.1) is 11.6 Å². The van der Waals surface area contributed by atoms with Crippen molar-refractivity contribution in [3.63, 3.8) is 0 Å². The van der Waals surface area contributed by atoms with Crippen LogP contribution in [0.2, 0.25) is 0 Å². The third-order valence-corrected chi connectivity index (χ3v) is 13.6. The van der Waals surface area contributed by atoms with E-state index in [2.05, 4.69) is 149 Å². The van der Waals surface area contributed by atoms with Crippen LogP contribution in [0, 0.1) is 29.1 Å². The Morgan fingerprint density at radius 1 is 0.500 bits per heavy atom. The largest absolute Gasteiger partial charge is 0.208 e. The fourth-order valence-electron chi connectivity index (χ4n) is 11.0. The smallest absolute Gasteiger partial charge is 0.164 e. The quantitative estimate of drug-likeness (QED) is 0.170. The van der Waals surface area contributed by atoms with Gasteiger partial charge in [0, 0.05) is 22.1 Å². The van der Waals surface area contributed by atoms with Crippen LogP contribution in [-0.4, -0.2) is 15.0 Å². The van der Waals surface area contributed by atoms with E-state index in [0.717, 1.165) is 34.4 Å². The van der Waals surface area contributed by atoms with Crippen molar-refractivity contribution in [2.24, 2.45) is 17.8 Å². The highest BCUT2D eigenvalue weighted by atomic mass is 15.0. The predicted octanol–water partition coefficient (Wildman–Crippen LogP) is 13.5. The molecule has 2 fully saturated rings. The van der Waals surface area contributed by atoms with Crippen LogP contribution >= 0.6 is 0 Å². The monoisotopic (exact) mass is 752 g/mol. The van der Waals surface area contributed by atoms with Gasteiger partial charge in [-0.05, 0) is 142 Å². The van der Waals surface area contributed by atoms with Crippen molar-refractivity contribution in [2.45, 2.75) is 70.6 Å². The maximum Gasteiger partial charge on any atom is 0.164 e. The van der Waals surface area contributed by atoms with E-state index in [1.807, 2.05) is 24.3 Å². The van der Waals surface area contributed by atoms with Crippen LogP contribution in [0.3, 0.4) is 0 Å². The number of aromatic nitrogens is 3. The molecule has 3 aliphatic rings. The molecule has 7 aromatic rings. The summed E-state index contributed by atoms with van der Waals surface area (Å²) >= 11 is 0. The highest BCUT2D eigenvalue weighted by molar-refractivity contribution is 5.85. The Morgan fingerprint density at radius 3 is 1.52 bits per heavy atom. The Labute approximate surface area is 342 Å². The molecule has 2 saturated carbocycles. The van der Waals surface area contributed by atoms with E-state index < -0.39 is 0 Å². The summed E-state index contributed by atoms with van der Waals surface area (Å²) in [7, 11) is 0. The molecule has 58 heavy (non-hydrogen) atoms. The average molecular weight is 753 g/mol. The van der Waals surface area contributed by atoms with Crippen molar-refractivity contribution in [3.8, 4) is 73.6 Å². The summed E-state index contributed by atoms with van der Waals surface area (Å²) in [6.07, 6.45) is 6.76. The van der Waals surface area contributed by atoms with Gasteiger partial charge in [-0.1, -0.05) is 131 Å². The third kappa shape index (κ3) is 6.34. The number of benzene rings is 6. The van der Waals surface area contributed by atoms with E-state index >= 15 is 0 Å². The van der Waals surface area contributed by atoms with E-state index in [0.29, 0.717) is 28.5 Å². The van der Waals surface area contributed by atoms with E-state index in [4.69, 9.17) is 15.0 Å². The maximum absolute atomic E-state index is 9.48. The Kier molecular flexibility index (Phi) is 8.75. The second kappa shape index (κ2) is 14.0. The Hall–Kier alpha value is -6.18. The molecule has 1 unspecified atom stereocenters. The lowest BCUT2D eigenvalue weighted by Gasteiger charge is -2.50. The van der Waals surface area contributed by atoms with Crippen molar-refractivity contribution >= 4 is 0 Å². The van der Waals surface area contributed by atoms with E-state index in [9.17, 15) is 5.26 Å². The summed E-state index contributed by atoms with van der Waals surface area (Å²) in [6.45, 7) is 9.55. The minimum Gasteiger partial charge on any atom is -0.208 e. The van der Waals surface area contributed by atoms with E-state index in [1.54, 1.807) is 0 Å². The number of fused-ring (bicyclic) bond motifs is 5. The molecule has 2 bridgehead atoms. The van der Waals surface area contributed by atoms with Crippen molar-refractivity contribution in [1.82, 2.24) is 15.0 Å². The number of hydrogen-bond donors (Lipinski definition) is 0. The van der Waals surface area contributed by atoms with Gasteiger partial charge in [0.15, 0.2) is 17.5 Å². The second-order valence-corrected chi connectivity index (χ2v) is 18.1. The maximum atomic E-state index is 9.48. The van der Waals surface area contributed by atoms with Gasteiger partial charge in [0.1, 0.15) is 0 Å². The minimum atomic E-state index is -0.211. The van der Waals surface area contributed by atoms with Gasteiger partial charge in [-0.3, -0.25) is 0 Å². The molecular weight excluding hydrogens is 705 g/mol. The summed E-state index contributed by atoms with van der Waals surface area (Å²) in [5, 5.41) is 9.48. The number of rotatable bonds is 6. The molecule has 0 radical (unpaired) electrons. The first kappa shape index (κ1) is 36.2. The summed E-state index contributed by atoms with van der Waals surface area (Å²) in [6, 6.07) is 51.9. The molecule has 1 aromatic heterocycles. The topological polar surface area (TPSA) is 62.5 Å². The number of nitriles is 1. The molecule has 10 rings (SSSR count). The second-order valence-electron chi connectivity index (χ2n) is 18.1. The molecule has 1 heterocycles. The summed E-state index contributed by atoms with van der Waals surface area (Å²) in [4.78, 5) is 15.2. The zero-order chi connectivity index (χ0) is 39.6. The summed E-state index contributed by atoms with van der Waals surface area (Å²) < 4.78 is 0. The molecule has 3 aliphatic carbocycles. The van der Waals surface area contributed by atoms with Crippen LogP contribution in [0.5, 0.6) is 0 Å². The van der Waals surface area contributed by atoms with Crippen LogP contribution in [0.25, 0.3) is 67.5 Å². The first-order chi connectivity index (χ1) is 28.2. The van der Waals surface area contributed by atoms with Gasteiger partial charge < -0.3 is 0 Å². The fraction of sp³-hybridized carbons (Fsp3) is 0.259. The normalized spacial score (nSPS) is 21.5. The molecule has 4 heteroatoms. The van der Waals surface area contributed by atoms with Gasteiger partial charge in [-0.25, -0.2) is 15.0 Å². The van der Waals surface area contributed by atoms with Crippen molar-refractivity contribution < 1.29 is 0 Å². The molecule has 0 N–H and O–H groups in total. The first-order valence-electron chi connectivity index (χ1n) is 21.0. The Bertz CT molecular complexity index is 2680. The lowest BCUT2D eigenvalue weighted by Crippen LogP contribution is -2.42. The molecule has 0 saturated heterocycles. The Morgan fingerprint density at radius 2 is 0.948 bits per heavy atom. The van der Waals surface area contributed by atoms with Crippen molar-refractivity contribution in [3.05, 3.63) is 162 Å². The summed E-state index contributed by atoms with van der Waals surface area (Å²) in [5.41, 5.74) is 14.9. The van der Waals surface area contributed by atoms with Crippen molar-refractivity contribution in [2.75, 3.05) is 0 Å². The zero-order valence-corrected chi connectivity index (χ0v) is 33.8. The molecule has 0 aliphatic heterocycles. The fourth-order valence-corrected chi connectivity index (χ4v) is 11.0. The molecular formula is C54H48N4. The van der Waals surface area contributed by atoms with Crippen LogP contribution in [0.15, 0.2) is 140 Å². The van der Waals surface area contributed by atoms with E-state index in [1.165, 1.54) is 82.2 Å².